The molecule has 1 fully saturated rings. The molecular formula is C28H26FN5O. The fraction of sp³-hybridized carbons (Fsp3) is 0.179. The lowest BCUT2D eigenvalue weighted by Gasteiger charge is -2.23. The van der Waals surface area contributed by atoms with Gasteiger partial charge in [-0.15, -0.1) is 0 Å². The van der Waals surface area contributed by atoms with Crippen molar-refractivity contribution in [1.29, 1.82) is 0 Å². The molecule has 2 aromatic heterocycles. The second-order valence-corrected chi connectivity index (χ2v) is 8.56. The van der Waals surface area contributed by atoms with Crippen LogP contribution >= 0.6 is 0 Å². The largest absolute Gasteiger partial charge is 0.398 e. The molecule has 7 heteroatoms. The number of fused-ring (bicyclic) bond motifs is 1. The number of nitrogens with two attached hydrogens (primary N) is 1. The van der Waals surface area contributed by atoms with Gasteiger partial charge in [0.05, 0.1) is 23.7 Å². The van der Waals surface area contributed by atoms with Crippen molar-refractivity contribution in [1.82, 2.24) is 14.5 Å². The van der Waals surface area contributed by atoms with Crippen molar-refractivity contribution in [2.45, 2.75) is 18.9 Å². The third kappa shape index (κ3) is 4.71. The van der Waals surface area contributed by atoms with E-state index in [1.807, 2.05) is 59.6 Å². The molecule has 6 nitrogen and oxygen atoms in total. The molecule has 0 spiro atoms. The van der Waals surface area contributed by atoms with Gasteiger partial charge in [-0.2, -0.15) is 5.10 Å². The SMILES string of the molecule is N/C(=C\C=NC[C@@H]1CCCN1C(=O)c1c(-c2ccc(F)cc2)nn2ccccc12)c1ccccc1. The minimum absolute atomic E-state index is 0.00942. The molecular weight excluding hydrogens is 441 g/mol. The first-order valence-electron chi connectivity index (χ1n) is 11.7. The molecule has 176 valence electrons. The summed E-state index contributed by atoms with van der Waals surface area (Å²) in [5, 5.41) is 4.65. The van der Waals surface area contributed by atoms with E-state index < -0.39 is 0 Å². The van der Waals surface area contributed by atoms with E-state index in [2.05, 4.69) is 10.1 Å². The Morgan fingerprint density at radius 2 is 1.86 bits per heavy atom. The number of pyridine rings is 1. The normalized spacial score (nSPS) is 16.4. The van der Waals surface area contributed by atoms with Gasteiger partial charge in [0.15, 0.2) is 0 Å². The van der Waals surface area contributed by atoms with Gasteiger partial charge in [0, 0.05) is 30.2 Å². The van der Waals surface area contributed by atoms with E-state index in [0.29, 0.717) is 35.6 Å². The summed E-state index contributed by atoms with van der Waals surface area (Å²) in [5.41, 5.74) is 10.2. The molecule has 0 radical (unpaired) electrons. The van der Waals surface area contributed by atoms with E-state index in [9.17, 15) is 9.18 Å². The molecule has 1 aliphatic rings. The summed E-state index contributed by atoms with van der Waals surface area (Å²) in [6, 6.07) is 21.4. The number of carbonyl (C=O) groups excluding carboxylic acids is 1. The van der Waals surface area contributed by atoms with Crippen LogP contribution in [0, 0.1) is 5.82 Å². The van der Waals surface area contributed by atoms with Gasteiger partial charge in [0.2, 0.25) is 0 Å². The number of amides is 1. The van der Waals surface area contributed by atoms with E-state index in [1.54, 1.807) is 28.9 Å². The number of allylic oxidation sites excluding steroid dienone is 1. The Labute approximate surface area is 203 Å². The zero-order valence-corrected chi connectivity index (χ0v) is 19.2. The van der Waals surface area contributed by atoms with Crippen LogP contribution in [-0.2, 0) is 0 Å². The van der Waals surface area contributed by atoms with Gasteiger partial charge in [-0.3, -0.25) is 9.79 Å². The molecule has 3 heterocycles. The predicted octanol–water partition coefficient (Wildman–Crippen LogP) is 4.82. The molecule has 2 N–H and O–H groups in total. The van der Waals surface area contributed by atoms with E-state index in [-0.39, 0.29) is 17.8 Å². The van der Waals surface area contributed by atoms with Crippen molar-refractivity contribution in [2.24, 2.45) is 10.7 Å². The number of benzene rings is 2. The lowest BCUT2D eigenvalue weighted by atomic mass is 10.0. The Kier molecular flexibility index (Phi) is 6.39. The minimum Gasteiger partial charge on any atom is -0.398 e. The van der Waals surface area contributed by atoms with Crippen LogP contribution in [0.15, 0.2) is 90.1 Å². The van der Waals surface area contributed by atoms with Gasteiger partial charge in [-0.05, 0) is 60.9 Å². The summed E-state index contributed by atoms with van der Waals surface area (Å²) >= 11 is 0. The summed E-state index contributed by atoms with van der Waals surface area (Å²) in [7, 11) is 0. The molecule has 0 bridgehead atoms. The number of hydrogen-bond donors (Lipinski definition) is 1. The number of aliphatic imine (C=N–C) groups is 1. The molecule has 0 unspecified atom stereocenters. The van der Waals surface area contributed by atoms with Crippen molar-refractivity contribution in [2.75, 3.05) is 13.1 Å². The van der Waals surface area contributed by atoms with Crippen molar-refractivity contribution in [3.8, 4) is 11.3 Å². The zero-order valence-electron chi connectivity index (χ0n) is 19.2. The standard InChI is InChI=1S/C28H26FN5O/c29-22-13-11-21(12-14-22)27-26(25-10-4-5-18-34(25)32-27)28(35)33-17-6-9-23(33)19-31-16-15-24(30)20-7-2-1-3-8-20/h1-5,7-8,10-16,18,23H,6,9,17,19,30H2/b24-15-,31-16?/t23-/m0/s1. The number of hydrogen-bond acceptors (Lipinski definition) is 4. The maximum absolute atomic E-state index is 13.8. The number of rotatable bonds is 6. The second-order valence-electron chi connectivity index (χ2n) is 8.56. The van der Waals surface area contributed by atoms with Crippen LogP contribution in [-0.4, -0.2) is 45.8 Å². The third-order valence-electron chi connectivity index (χ3n) is 6.29. The Bertz CT molecular complexity index is 1390. The Hall–Kier alpha value is -4.26. The maximum atomic E-state index is 13.8. The highest BCUT2D eigenvalue weighted by molar-refractivity contribution is 6.06. The van der Waals surface area contributed by atoms with Crippen LogP contribution in [0.1, 0.15) is 28.8 Å². The first-order valence-corrected chi connectivity index (χ1v) is 11.7. The summed E-state index contributed by atoms with van der Waals surface area (Å²) in [6.07, 6.45) is 7.11. The van der Waals surface area contributed by atoms with Gasteiger partial charge >= 0.3 is 0 Å². The molecule has 5 rings (SSSR count). The summed E-state index contributed by atoms with van der Waals surface area (Å²) in [6.45, 7) is 1.16. The zero-order chi connectivity index (χ0) is 24.2. The van der Waals surface area contributed by atoms with Crippen molar-refractivity contribution >= 4 is 23.3 Å². The summed E-state index contributed by atoms with van der Waals surface area (Å²) in [5.74, 6) is -0.410. The monoisotopic (exact) mass is 467 g/mol. The lowest BCUT2D eigenvalue weighted by Crippen LogP contribution is -2.37. The smallest absolute Gasteiger partial charge is 0.258 e. The van der Waals surface area contributed by atoms with Gasteiger partial charge in [0.25, 0.3) is 5.91 Å². The predicted molar refractivity (Wildman–Crippen MR) is 137 cm³/mol. The van der Waals surface area contributed by atoms with E-state index in [4.69, 9.17) is 5.73 Å². The van der Waals surface area contributed by atoms with Gasteiger partial charge < -0.3 is 10.6 Å². The van der Waals surface area contributed by atoms with Crippen LogP contribution in [0.25, 0.3) is 22.5 Å². The first-order chi connectivity index (χ1) is 17.1. The molecule has 1 amide bonds. The molecule has 1 aliphatic heterocycles. The quantitative estimate of drug-likeness (QED) is 0.413. The van der Waals surface area contributed by atoms with Crippen LogP contribution in [0.3, 0.4) is 0 Å². The van der Waals surface area contributed by atoms with Crippen LogP contribution in [0.2, 0.25) is 0 Å². The van der Waals surface area contributed by atoms with Crippen LogP contribution in [0.4, 0.5) is 4.39 Å². The van der Waals surface area contributed by atoms with E-state index >= 15 is 0 Å². The molecule has 2 aromatic carbocycles. The average molecular weight is 468 g/mol. The van der Waals surface area contributed by atoms with E-state index in [1.165, 1.54) is 12.1 Å². The van der Waals surface area contributed by atoms with Crippen LogP contribution < -0.4 is 5.73 Å². The second kappa shape index (κ2) is 9.93. The number of aromatic nitrogens is 2. The molecule has 0 aliphatic carbocycles. The van der Waals surface area contributed by atoms with Crippen molar-refractivity contribution in [3.05, 3.63) is 102 Å². The minimum atomic E-state index is -0.329. The average Bonchev–Trinajstić information content (AvgIpc) is 3.52. The number of nitrogens with zero attached hydrogens (tertiary/aromatic N) is 4. The highest BCUT2D eigenvalue weighted by Crippen LogP contribution is 2.30. The van der Waals surface area contributed by atoms with Gasteiger partial charge in [-0.25, -0.2) is 8.91 Å². The van der Waals surface area contributed by atoms with Crippen LogP contribution in [0.5, 0.6) is 0 Å². The lowest BCUT2D eigenvalue weighted by molar-refractivity contribution is 0.0744. The molecule has 0 saturated carbocycles. The van der Waals surface area contributed by atoms with Crippen molar-refractivity contribution < 1.29 is 9.18 Å². The third-order valence-corrected chi connectivity index (χ3v) is 6.29. The van der Waals surface area contributed by atoms with Gasteiger partial charge in [-0.1, -0.05) is 36.4 Å². The summed E-state index contributed by atoms with van der Waals surface area (Å²) in [4.78, 5) is 20.3. The molecule has 4 aromatic rings. The first kappa shape index (κ1) is 22.5. The Balaban J connectivity index is 1.39. The highest BCUT2D eigenvalue weighted by atomic mass is 19.1. The highest BCUT2D eigenvalue weighted by Gasteiger charge is 2.32. The summed E-state index contributed by atoms with van der Waals surface area (Å²) < 4.78 is 15.2. The maximum Gasteiger partial charge on any atom is 0.258 e. The van der Waals surface area contributed by atoms with E-state index in [0.717, 1.165) is 23.9 Å². The number of halogens is 1. The molecule has 1 atom stereocenters. The number of likely N-dealkylation sites (tertiary alicyclic amines) is 1. The fourth-order valence-electron chi connectivity index (χ4n) is 4.50. The Morgan fingerprint density at radius 3 is 2.66 bits per heavy atom. The number of carbonyl (C=O) groups is 1. The molecule has 35 heavy (non-hydrogen) atoms. The molecule has 1 saturated heterocycles. The topological polar surface area (TPSA) is 76.0 Å². The fourth-order valence-corrected chi connectivity index (χ4v) is 4.50. The van der Waals surface area contributed by atoms with Gasteiger partial charge in [0.1, 0.15) is 11.5 Å². The van der Waals surface area contributed by atoms with Crippen molar-refractivity contribution in [3.63, 3.8) is 0 Å². The Morgan fingerprint density at radius 1 is 1.09 bits per heavy atom.